The van der Waals surface area contributed by atoms with E-state index >= 15 is 0 Å². The van der Waals surface area contributed by atoms with Crippen molar-refractivity contribution in [1.29, 1.82) is 0 Å². The standard InChI is InChI=1S/C52H70N6O17/c1-29-23-34(48(64)53-19-9-15-35-27-57(55-54-35)21-10-20-56-22-18-33-25-36(58(68)69)16-17-37(33)56)26-38(45(29)75-51-44(63)43(62)41(60)30(2)70-51)72-52-47(74-50(67)32-13-7-4-8-14-32)46(42(61)40(28-59)73-52)71-39(49(65)66)24-31-11-5-3-6-12-31/h4,7-8,13-14,16-18,22,25,27,29-31,34,38-47,51-52,59-63H,3,5-6,9-12,15,19-21,23-24,26,28H2,1-2H3,(H,53,64)(H,65,66)/t29?,30?,34?,38-,39+,40?,41-,42+,43?,44?,45?,46?,47?,51+,52-/m1/s1. The Bertz CT molecular complexity index is 2520. The Kier molecular flexibility index (Phi) is 19.0. The van der Waals surface area contributed by atoms with Crippen LogP contribution in [0.3, 0.4) is 0 Å². The van der Waals surface area contributed by atoms with Crippen molar-refractivity contribution >= 4 is 34.4 Å². The number of benzene rings is 2. The third-order valence-electron chi connectivity index (χ3n) is 15.0. The van der Waals surface area contributed by atoms with Gasteiger partial charge in [0.15, 0.2) is 24.8 Å². The van der Waals surface area contributed by atoms with E-state index in [1.165, 1.54) is 25.1 Å². The van der Waals surface area contributed by atoms with Crippen LogP contribution in [-0.2, 0) is 57.5 Å². The summed E-state index contributed by atoms with van der Waals surface area (Å²) in [6.07, 6.45) is -8.42. The van der Waals surface area contributed by atoms with E-state index in [4.69, 9.17) is 28.4 Å². The molecule has 7 N–H and O–H groups in total. The van der Waals surface area contributed by atoms with Gasteiger partial charge in [0, 0.05) is 61.0 Å². The molecular formula is C52H70N6O17. The van der Waals surface area contributed by atoms with E-state index in [0.717, 1.165) is 55.1 Å². The van der Waals surface area contributed by atoms with Crippen LogP contribution in [0.2, 0.25) is 0 Å². The first-order valence-electron chi connectivity index (χ1n) is 26.1. The van der Waals surface area contributed by atoms with E-state index in [9.17, 15) is 55.1 Å². The van der Waals surface area contributed by atoms with Gasteiger partial charge in [0.25, 0.3) is 5.69 Å². The summed E-state index contributed by atoms with van der Waals surface area (Å²) in [5, 5.41) is 88.5. The second-order valence-electron chi connectivity index (χ2n) is 20.5. The van der Waals surface area contributed by atoms with Gasteiger partial charge in [0.05, 0.1) is 41.1 Å². The molecule has 0 bridgehead atoms. The lowest BCUT2D eigenvalue weighted by Gasteiger charge is -2.48. The molecule has 4 aromatic rings. The number of aliphatic carboxylic acids is 1. The van der Waals surface area contributed by atoms with Crippen molar-refractivity contribution < 1.29 is 78.4 Å². The Labute approximate surface area is 433 Å². The fraction of sp³-hybridized carbons (Fsp3) is 0.635. The van der Waals surface area contributed by atoms with Gasteiger partial charge >= 0.3 is 11.9 Å². The van der Waals surface area contributed by atoms with Gasteiger partial charge in [-0.25, -0.2) is 9.59 Å². The SMILES string of the molecule is CC1CC(C(=O)NCCCc2cn(CCCn3ccc4cc([N+](=O)[O-])ccc43)nn2)C[C@@H](O[C@@H]2OC(CO)[C@H](O)C(O[C@@H](CC3CCCCC3)C(=O)O)C2OC(=O)c2ccccc2)C1O[C@@H]1OC(C)[C@@H](O)C(O)C1O. The molecule has 4 heterocycles. The molecular weight excluding hydrogens is 981 g/mol. The molecule has 23 heteroatoms. The van der Waals surface area contributed by atoms with Crippen molar-refractivity contribution in [2.24, 2.45) is 17.8 Å². The van der Waals surface area contributed by atoms with Gasteiger partial charge in [-0.05, 0) is 81.5 Å². The first-order valence-corrected chi connectivity index (χ1v) is 26.1. The minimum Gasteiger partial charge on any atom is -0.479 e. The zero-order valence-corrected chi connectivity index (χ0v) is 42.1. The normalized spacial score (nSPS) is 30.9. The number of carboxylic acids is 1. The number of non-ortho nitro benzene ring substituents is 1. The Morgan fingerprint density at radius 2 is 1.65 bits per heavy atom. The molecule has 2 saturated carbocycles. The highest BCUT2D eigenvalue weighted by Gasteiger charge is 2.54. The van der Waals surface area contributed by atoms with Gasteiger partial charge < -0.3 is 68.9 Å². The molecule has 9 unspecified atom stereocenters. The summed E-state index contributed by atoms with van der Waals surface area (Å²) in [4.78, 5) is 51.6. The number of aryl methyl sites for hydroxylation is 3. The number of carbonyl (C=O) groups excluding carboxylic acids is 2. The average Bonchev–Trinajstić information content (AvgIpc) is 4.04. The predicted octanol–water partition coefficient (Wildman–Crippen LogP) is 3.04. The fourth-order valence-corrected chi connectivity index (χ4v) is 10.9. The van der Waals surface area contributed by atoms with E-state index in [1.54, 1.807) is 41.9 Å². The van der Waals surface area contributed by atoms with Crippen molar-refractivity contribution in [3.8, 4) is 0 Å². The van der Waals surface area contributed by atoms with E-state index < -0.39 is 115 Å². The highest BCUT2D eigenvalue weighted by atomic mass is 16.7. The van der Waals surface area contributed by atoms with Crippen LogP contribution in [0.1, 0.15) is 94.1 Å². The van der Waals surface area contributed by atoms with Crippen LogP contribution >= 0.6 is 0 Å². The van der Waals surface area contributed by atoms with E-state index in [-0.39, 0.29) is 48.9 Å². The molecule has 4 fully saturated rings. The molecule has 2 aromatic carbocycles. The summed E-state index contributed by atoms with van der Waals surface area (Å²) in [5.74, 6) is -3.66. The van der Waals surface area contributed by atoms with Crippen LogP contribution in [0, 0.1) is 27.9 Å². The molecule has 2 aromatic heterocycles. The molecule has 23 nitrogen and oxygen atoms in total. The third kappa shape index (κ3) is 13.7. The van der Waals surface area contributed by atoms with Crippen molar-refractivity contribution in [1.82, 2.24) is 24.9 Å². The first-order chi connectivity index (χ1) is 36.1. The maximum absolute atomic E-state index is 14.1. The molecule has 2 aliphatic heterocycles. The van der Waals surface area contributed by atoms with Crippen LogP contribution in [0.4, 0.5) is 5.69 Å². The molecule has 8 rings (SSSR count). The lowest BCUT2D eigenvalue weighted by atomic mass is 9.77. The van der Waals surface area contributed by atoms with Crippen molar-refractivity contribution in [3.63, 3.8) is 0 Å². The number of fused-ring (bicyclic) bond motifs is 1. The maximum Gasteiger partial charge on any atom is 0.338 e. The fourth-order valence-electron chi connectivity index (χ4n) is 10.9. The van der Waals surface area contributed by atoms with Crippen molar-refractivity contribution in [3.05, 3.63) is 88.4 Å². The van der Waals surface area contributed by atoms with Crippen LogP contribution in [0.5, 0.6) is 0 Å². The topological polar surface area (TPSA) is 319 Å². The summed E-state index contributed by atoms with van der Waals surface area (Å²) >= 11 is 0. The lowest BCUT2D eigenvalue weighted by molar-refractivity contribution is -0.384. The maximum atomic E-state index is 14.1. The summed E-state index contributed by atoms with van der Waals surface area (Å²) in [7, 11) is 0. The van der Waals surface area contributed by atoms with Crippen molar-refractivity contribution in [2.75, 3.05) is 13.2 Å². The minimum atomic E-state index is -1.70. The summed E-state index contributed by atoms with van der Waals surface area (Å²) in [6.45, 7) is 4.06. The van der Waals surface area contributed by atoms with Crippen LogP contribution in [-0.4, -0.2) is 166 Å². The van der Waals surface area contributed by atoms with E-state index in [2.05, 4.69) is 15.6 Å². The number of hydrogen-bond acceptors (Lipinski definition) is 18. The number of nitrogens with zero attached hydrogens (tertiary/aromatic N) is 5. The minimum absolute atomic E-state index is 0.0284. The quantitative estimate of drug-likeness (QED) is 0.0257. The Morgan fingerprint density at radius 1 is 0.880 bits per heavy atom. The van der Waals surface area contributed by atoms with Crippen LogP contribution in [0.25, 0.3) is 10.9 Å². The number of aliphatic hydroxyl groups is 5. The number of nitro groups is 1. The molecule has 75 heavy (non-hydrogen) atoms. The van der Waals surface area contributed by atoms with Gasteiger partial charge in [-0.1, -0.05) is 62.4 Å². The number of nitrogens with one attached hydrogen (secondary N) is 1. The Hall–Kier alpha value is -5.47. The average molecular weight is 1050 g/mol. The van der Waals surface area contributed by atoms with Gasteiger partial charge in [-0.3, -0.25) is 19.6 Å². The number of ether oxygens (including phenoxy) is 6. The second kappa shape index (κ2) is 25.6. The number of carbonyl (C=O) groups is 3. The number of aliphatic hydroxyl groups excluding tert-OH is 5. The Morgan fingerprint density at radius 3 is 2.39 bits per heavy atom. The number of nitro benzene ring substituents is 1. The monoisotopic (exact) mass is 1050 g/mol. The smallest absolute Gasteiger partial charge is 0.338 e. The highest BCUT2D eigenvalue weighted by molar-refractivity contribution is 5.89. The molecule has 2 saturated heterocycles. The highest BCUT2D eigenvalue weighted by Crippen LogP contribution is 2.39. The van der Waals surface area contributed by atoms with Crippen LogP contribution in [0.15, 0.2) is 67.0 Å². The molecule has 0 radical (unpaired) electrons. The van der Waals surface area contributed by atoms with Gasteiger partial charge in [0.1, 0.15) is 36.6 Å². The third-order valence-corrected chi connectivity index (χ3v) is 15.0. The molecule has 15 atom stereocenters. The van der Waals surface area contributed by atoms with Gasteiger partial charge in [-0.2, -0.15) is 0 Å². The summed E-state index contributed by atoms with van der Waals surface area (Å²) in [5.41, 5.74) is 1.78. The second-order valence-corrected chi connectivity index (χ2v) is 20.5. The number of esters is 1. The summed E-state index contributed by atoms with van der Waals surface area (Å²) < 4.78 is 41.2. The van der Waals surface area contributed by atoms with Gasteiger partial charge in [-0.15, -0.1) is 5.10 Å². The number of amides is 1. The molecule has 1 amide bonds. The predicted molar refractivity (Wildman–Crippen MR) is 263 cm³/mol. The first kappa shape index (κ1) is 55.8. The lowest BCUT2D eigenvalue weighted by Crippen LogP contribution is -2.64. The van der Waals surface area contributed by atoms with E-state index in [0.29, 0.717) is 25.9 Å². The van der Waals surface area contributed by atoms with E-state index in [1.807, 2.05) is 23.0 Å². The number of carboxylic acid groups (broad SMARTS) is 1. The number of aromatic nitrogens is 4. The van der Waals surface area contributed by atoms with Crippen molar-refractivity contribution in [2.45, 2.75) is 177 Å². The number of hydrogen-bond donors (Lipinski definition) is 7. The number of rotatable bonds is 22. The molecule has 410 valence electrons. The molecule has 2 aliphatic carbocycles. The van der Waals surface area contributed by atoms with Gasteiger partial charge in [0.2, 0.25) is 5.91 Å². The zero-order valence-electron chi connectivity index (χ0n) is 42.1. The summed E-state index contributed by atoms with van der Waals surface area (Å²) in [6, 6.07) is 14.6. The largest absolute Gasteiger partial charge is 0.479 e. The zero-order chi connectivity index (χ0) is 53.3. The molecule has 0 spiro atoms. The van der Waals surface area contributed by atoms with Crippen LogP contribution < -0.4 is 5.32 Å². The Balaban J connectivity index is 0.959. The molecule has 4 aliphatic rings.